The molecule has 3 rings (SSSR count). The van der Waals surface area contributed by atoms with E-state index in [1.165, 1.54) is 18.3 Å². The van der Waals surface area contributed by atoms with Gasteiger partial charge >= 0.3 is 0 Å². The molecular formula is C16H22FN5O3S. The molecule has 0 unspecified atom stereocenters. The van der Waals surface area contributed by atoms with Crippen molar-refractivity contribution in [2.45, 2.75) is 58.9 Å². The summed E-state index contributed by atoms with van der Waals surface area (Å²) in [5.41, 5.74) is 0. The number of thiazole rings is 1. The SMILES string of the molecule is CC(=O)Nc1nc(F)c(CN2CC[C@@H](OCc3noc(C)n3)C[C@H]2C)s1. The monoisotopic (exact) mass is 383 g/mol. The molecule has 8 nitrogen and oxygen atoms in total. The van der Waals surface area contributed by atoms with Gasteiger partial charge < -0.3 is 14.6 Å². The fraction of sp³-hybridized carbons (Fsp3) is 0.625. The van der Waals surface area contributed by atoms with Crippen LogP contribution in [-0.2, 0) is 22.7 Å². The van der Waals surface area contributed by atoms with Crippen LogP contribution in [0.2, 0.25) is 0 Å². The lowest BCUT2D eigenvalue weighted by Gasteiger charge is -2.37. The first-order valence-electron chi connectivity index (χ1n) is 8.48. The Bertz CT molecular complexity index is 765. The van der Waals surface area contributed by atoms with Crippen molar-refractivity contribution in [1.29, 1.82) is 0 Å². The first-order chi connectivity index (χ1) is 12.4. The summed E-state index contributed by atoms with van der Waals surface area (Å²) in [5.74, 6) is 0.303. The minimum Gasteiger partial charge on any atom is -0.370 e. The number of nitrogens with zero attached hydrogens (tertiary/aromatic N) is 4. The van der Waals surface area contributed by atoms with Crippen LogP contribution in [0.15, 0.2) is 4.52 Å². The topological polar surface area (TPSA) is 93.4 Å². The maximum absolute atomic E-state index is 14.0. The summed E-state index contributed by atoms with van der Waals surface area (Å²) in [6.07, 6.45) is 1.80. The van der Waals surface area contributed by atoms with Crippen LogP contribution in [0.4, 0.5) is 9.52 Å². The molecule has 0 saturated carbocycles. The Morgan fingerprint density at radius 1 is 1.50 bits per heavy atom. The largest absolute Gasteiger partial charge is 0.370 e. The Morgan fingerprint density at radius 3 is 2.96 bits per heavy atom. The van der Waals surface area contributed by atoms with Crippen molar-refractivity contribution >= 4 is 22.4 Å². The van der Waals surface area contributed by atoms with E-state index < -0.39 is 5.95 Å². The number of anilines is 1. The summed E-state index contributed by atoms with van der Waals surface area (Å²) < 4.78 is 24.8. The van der Waals surface area contributed by atoms with E-state index in [1.54, 1.807) is 6.92 Å². The third kappa shape index (κ3) is 4.83. The minimum atomic E-state index is -0.517. The molecule has 0 radical (unpaired) electrons. The maximum Gasteiger partial charge on any atom is 0.230 e. The molecule has 2 aromatic rings. The van der Waals surface area contributed by atoms with E-state index in [1.807, 2.05) is 0 Å². The molecule has 2 aromatic heterocycles. The summed E-state index contributed by atoms with van der Waals surface area (Å²) in [4.78, 5) is 21.7. The lowest BCUT2D eigenvalue weighted by atomic mass is 10.0. The van der Waals surface area contributed by atoms with Gasteiger partial charge in [-0.3, -0.25) is 9.69 Å². The highest BCUT2D eigenvalue weighted by Crippen LogP contribution is 2.27. The standard InChI is InChI=1S/C16H22FN5O3S/c1-9-6-12(24-8-14-19-11(3)25-21-14)4-5-22(9)7-13-15(17)20-16(26-13)18-10(2)23/h9,12H,4-8H2,1-3H3,(H,18,20,23)/t9-,12-/m1/s1. The highest BCUT2D eigenvalue weighted by molar-refractivity contribution is 7.15. The van der Waals surface area contributed by atoms with Gasteiger partial charge in [0.25, 0.3) is 0 Å². The van der Waals surface area contributed by atoms with E-state index in [-0.39, 0.29) is 18.1 Å². The number of aromatic nitrogens is 3. The molecule has 1 aliphatic rings. The molecule has 10 heteroatoms. The number of nitrogens with one attached hydrogen (secondary N) is 1. The normalized spacial score (nSPS) is 21.1. The Balaban J connectivity index is 1.51. The second kappa shape index (κ2) is 8.19. The van der Waals surface area contributed by atoms with E-state index in [9.17, 15) is 9.18 Å². The number of hydrogen-bond acceptors (Lipinski definition) is 8. The Kier molecular flexibility index (Phi) is 5.94. The smallest absolute Gasteiger partial charge is 0.230 e. The number of ether oxygens (including phenoxy) is 1. The van der Waals surface area contributed by atoms with Crippen molar-refractivity contribution in [3.63, 3.8) is 0 Å². The summed E-state index contributed by atoms with van der Waals surface area (Å²) in [6, 6.07) is 0.242. The Labute approximate surface area is 154 Å². The number of carbonyl (C=O) groups is 1. The molecule has 1 N–H and O–H groups in total. The van der Waals surface area contributed by atoms with Crippen LogP contribution in [0.25, 0.3) is 0 Å². The Hall–Kier alpha value is -1.91. The van der Waals surface area contributed by atoms with Crippen molar-refractivity contribution in [2.24, 2.45) is 0 Å². The van der Waals surface area contributed by atoms with Gasteiger partial charge in [0.05, 0.1) is 11.0 Å². The van der Waals surface area contributed by atoms with Crippen molar-refractivity contribution in [3.05, 3.63) is 22.5 Å². The van der Waals surface area contributed by atoms with Gasteiger partial charge in [-0.25, -0.2) is 0 Å². The first-order valence-corrected chi connectivity index (χ1v) is 9.30. The van der Waals surface area contributed by atoms with Crippen molar-refractivity contribution < 1.29 is 18.4 Å². The minimum absolute atomic E-state index is 0.112. The molecule has 0 bridgehead atoms. The van der Waals surface area contributed by atoms with Gasteiger partial charge in [-0.1, -0.05) is 16.5 Å². The zero-order valence-electron chi connectivity index (χ0n) is 15.0. The van der Waals surface area contributed by atoms with E-state index in [2.05, 4.69) is 32.3 Å². The molecule has 3 heterocycles. The zero-order chi connectivity index (χ0) is 18.7. The van der Waals surface area contributed by atoms with E-state index in [4.69, 9.17) is 9.26 Å². The molecule has 0 aliphatic carbocycles. The molecule has 1 aliphatic heterocycles. The van der Waals surface area contributed by atoms with Gasteiger partial charge in [-0.05, 0) is 19.8 Å². The number of likely N-dealkylation sites (tertiary alicyclic amines) is 1. The van der Waals surface area contributed by atoms with Gasteiger partial charge in [0.15, 0.2) is 11.0 Å². The van der Waals surface area contributed by atoms with Gasteiger partial charge in [0.1, 0.15) is 6.61 Å². The lowest BCUT2D eigenvalue weighted by Crippen LogP contribution is -2.42. The second-order valence-electron chi connectivity index (χ2n) is 6.42. The molecule has 1 fully saturated rings. The number of hydrogen-bond donors (Lipinski definition) is 1. The van der Waals surface area contributed by atoms with Crippen molar-refractivity contribution in [3.8, 4) is 0 Å². The molecule has 2 atom stereocenters. The van der Waals surface area contributed by atoms with E-state index in [0.717, 1.165) is 19.4 Å². The molecule has 1 amide bonds. The molecule has 0 aromatic carbocycles. The maximum atomic E-state index is 14.0. The lowest BCUT2D eigenvalue weighted by molar-refractivity contribution is -0.114. The van der Waals surface area contributed by atoms with Crippen LogP contribution < -0.4 is 5.32 Å². The quantitative estimate of drug-likeness (QED) is 0.819. The molecule has 1 saturated heterocycles. The van der Waals surface area contributed by atoms with Crippen molar-refractivity contribution in [1.82, 2.24) is 20.0 Å². The first kappa shape index (κ1) is 18.9. The number of amides is 1. The van der Waals surface area contributed by atoms with Gasteiger partial charge in [0, 0.05) is 33.0 Å². The average molecular weight is 383 g/mol. The highest BCUT2D eigenvalue weighted by atomic mass is 32.1. The van der Waals surface area contributed by atoms with Crippen LogP contribution in [0.3, 0.4) is 0 Å². The van der Waals surface area contributed by atoms with Gasteiger partial charge in [0.2, 0.25) is 17.7 Å². The average Bonchev–Trinajstić information content (AvgIpc) is 3.13. The van der Waals surface area contributed by atoms with Crippen LogP contribution in [-0.4, -0.2) is 44.6 Å². The number of aryl methyl sites for hydroxylation is 1. The highest BCUT2D eigenvalue weighted by Gasteiger charge is 2.28. The molecule has 142 valence electrons. The fourth-order valence-electron chi connectivity index (χ4n) is 2.98. The predicted molar refractivity (Wildman–Crippen MR) is 93.1 cm³/mol. The summed E-state index contributed by atoms with van der Waals surface area (Å²) >= 11 is 1.18. The second-order valence-corrected chi connectivity index (χ2v) is 7.50. The zero-order valence-corrected chi connectivity index (χ0v) is 15.8. The summed E-state index contributed by atoms with van der Waals surface area (Å²) in [6.45, 7) is 6.82. The van der Waals surface area contributed by atoms with Crippen LogP contribution >= 0.6 is 11.3 Å². The molecule has 26 heavy (non-hydrogen) atoms. The van der Waals surface area contributed by atoms with Crippen molar-refractivity contribution in [2.75, 3.05) is 11.9 Å². The summed E-state index contributed by atoms with van der Waals surface area (Å²) in [7, 11) is 0. The molecule has 0 spiro atoms. The number of piperidine rings is 1. The number of rotatable bonds is 6. The molecular weight excluding hydrogens is 361 g/mol. The van der Waals surface area contributed by atoms with Gasteiger partial charge in [-0.15, -0.1) is 0 Å². The number of halogens is 1. The third-order valence-electron chi connectivity index (χ3n) is 4.26. The van der Waals surface area contributed by atoms with Crippen LogP contribution in [0.5, 0.6) is 0 Å². The fourth-order valence-corrected chi connectivity index (χ4v) is 3.89. The van der Waals surface area contributed by atoms with E-state index >= 15 is 0 Å². The summed E-state index contributed by atoms with van der Waals surface area (Å²) in [5, 5.41) is 6.65. The third-order valence-corrected chi connectivity index (χ3v) is 5.19. The van der Waals surface area contributed by atoms with Crippen LogP contribution in [0, 0.1) is 12.9 Å². The van der Waals surface area contributed by atoms with E-state index in [0.29, 0.717) is 34.9 Å². The van der Waals surface area contributed by atoms with Crippen LogP contribution in [0.1, 0.15) is 43.3 Å². The number of carbonyl (C=O) groups excluding carboxylic acids is 1. The Morgan fingerprint density at radius 2 is 2.31 bits per heavy atom. The van der Waals surface area contributed by atoms with Gasteiger partial charge in [-0.2, -0.15) is 14.4 Å². The predicted octanol–water partition coefficient (Wildman–Crippen LogP) is 2.50.